The molecule has 0 spiro atoms. The Balaban J connectivity index is 0.000000188. The topological polar surface area (TPSA) is 236 Å². The molecule has 18 nitrogen and oxygen atoms in total. The van der Waals surface area contributed by atoms with E-state index >= 15 is 0 Å². The number of aromatic nitrogens is 10. The van der Waals surface area contributed by atoms with Gasteiger partial charge in [0.05, 0.1) is 24.8 Å². The van der Waals surface area contributed by atoms with E-state index in [2.05, 4.69) is 61.4 Å². The van der Waals surface area contributed by atoms with Gasteiger partial charge in [-0.25, -0.2) is 38.3 Å². The van der Waals surface area contributed by atoms with E-state index in [1.165, 1.54) is 24.3 Å². The lowest BCUT2D eigenvalue weighted by Crippen LogP contribution is -2.09. The molecule has 6 heterocycles. The average molecular weight is 895 g/mol. The number of nitrogens with zero attached hydrogens (tertiary/aromatic N) is 10. The Labute approximate surface area is 377 Å². The first kappa shape index (κ1) is 46.6. The van der Waals surface area contributed by atoms with Gasteiger partial charge in [0.25, 0.3) is 0 Å². The number of aliphatic carboxylic acids is 2. The number of carboxylic acids is 2. The number of halogens is 2. The zero-order valence-electron chi connectivity index (χ0n) is 36.0. The van der Waals surface area contributed by atoms with Gasteiger partial charge in [-0.15, -0.1) is 0 Å². The van der Waals surface area contributed by atoms with Gasteiger partial charge in [-0.2, -0.15) is 10.2 Å². The lowest BCUT2D eigenvalue weighted by atomic mass is 10.1. The van der Waals surface area contributed by atoms with Crippen LogP contribution in [-0.2, 0) is 23.7 Å². The van der Waals surface area contributed by atoms with Crippen LogP contribution in [0.4, 0.5) is 43.7 Å². The van der Waals surface area contributed by atoms with Crippen molar-refractivity contribution in [1.82, 2.24) is 49.5 Å². The molecule has 6 aromatic heterocycles. The predicted octanol–water partition coefficient (Wildman–Crippen LogP) is 8.37. The van der Waals surface area contributed by atoms with Gasteiger partial charge in [-0.05, 0) is 84.6 Å². The van der Waals surface area contributed by atoms with Crippen molar-refractivity contribution in [3.63, 3.8) is 0 Å². The predicted molar refractivity (Wildman–Crippen MR) is 245 cm³/mol. The van der Waals surface area contributed by atoms with E-state index in [0.29, 0.717) is 47.1 Å². The standard InChI is InChI=1S/2C21H20FN7.C4H4O4/c2*1-14(15-3-5-18(22)6-4-15)26-19-9-16(17-11-25-29(2)13-17)10-20(27-19)28-21-12-23-7-8-24-21;5-3(6)1-2-4(7)8/h2*3-14H,1-2H3,(H2,24,26,27,28);1-2H,(H,5,6)(H,7,8)/b;;2-1-/t2*14-;/m00./s1. The van der Waals surface area contributed by atoms with Crippen LogP contribution in [0.25, 0.3) is 22.3 Å². The van der Waals surface area contributed by atoms with E-state index in [1.807, 2.05) is 64.6 Å². The molecule has 0 saturated carbocycles. The third-order valence-corrected chi connectivity index (χ3v) is 9.20. The zero-order valence-corrected chi connectivity index (χ0v) is 36.0. The smallest absolute Gasteiger partial charge is 0.328 e. The summed E-state index contributed by atoms with van der Waals surface area (Å²) in [5.74, 6) is 0.771. The average Bonchev–Trinajstić information content (AvgIpc) is 3.95. The molecule has 20 heteroatoms. The Morgan fingerprint density at radius 1 is 0.545 bits per heavy atom. The number of benzene rings is 2. The highest BCUT2D eigenvalue weighted by Gasteiger charge is 2.13. The Kier molecular flexibility index (Phi) is 15.8. The van der Waals surface area contributed by atoms with E-state index in [0.717, 1.165) is 33.4 Å². The van der Waals surface area contributed by atoms with Gasteiger partial charge in [0.15, 0.2) is 0 Å². The molecule has 0 radical (unpaired) electrons. The van der Waals surface area contributed by atoms with E-state index in [1.54, 1.807) is 83.2 Å². The van der Waals surface area contributed by atoms with Gasteiger partial charge in [0.2, 0.25) is 0 Å². The molecule has 6 N–H and O–H groups in total. The highest BCUT2D eigenvalue weighted by atomic mass is 19.1. The highest BCUT2D eigenvalue weighted by Crippen LogP contribution is 2.30. The van der Waals surface area contributed by atoms with Gasteiger partial charge >= 0.3 is 11.9 Å². The Morgan fingerprint density at radius 2 is 0.924 bits per heavy atom. The molecule has 336 valence electrons. The first-order chi connectivity index (χ1) is 31.8. The maximum Gasteiger partial charge on any atom is 0.328 e. The van der Waals surface area contributed by atoms with Gasteiger partial charge in [0.1, 0.15) is 46.5 Å². The van der Waals surface area contributed by atoms with E-state index < -0.39 is 11.9 Å². The summed E-state index contributed by atoms with van der Waals surface area (Å²) >= 11 is 0. The second-order valence-corrected chi connectivity index (χ2v) is 14.3. The van der Waals surface area contributed by atoms with Crippen LogP contribution in [0.5, 0.6) is 0 Å². The van der Waals surface area contributed by atoms with E-state index in [-0.39, 0.29) is 23.7 Å². The summed E-state index contributed by atoms with van der Waals surface area (Å²) in [6.07, 6.45) is 18.3. The summed E-state index contributed by atoms with van der Waals surface area (Å²) in [6.45, 7) is 4.00. The molecule has 0 unspecified atom stereocenters. The molecule has 0 fully saturated rings. The minimum atomic E-state index is -1.26. The molecule has 8 aromatic rings. The van der Waals surface area contributed by atoms with Crippen molar-refractivity contribution in [3.05, 3.63) is 170 Å². The lowest BCUT2D eigenvalue weighted by Gasteiger charge is -2.17. The van der Waals surface area contributed by atoms with Crippen LogP contribution in [0.3, 0.4) is 0 Å². The van der Waals surface area contributed by atoms with Crippen molar-refractivity contribution in [2.24, 2.45) is 14.1 Å². The molecule has 0 saturated heterocycles. The van der Waals surface area contributed by atoms with E-state index in [9.17, 15) is 18.4 Å². The minimum absolute atomic E-state index is 0.0587. The van der Waals surface area contributed by atoms with Crippen LogP contribution in [0.1, 0.15) is 37.1 Å². The number of nitrogens with one attached hydrogen (secondary N) is 4. The van der Waals surface area contributed by atoms with Crippen LogP contribution in [0, 0.1) is 11.6 Å². The van der Waals surface area contributed by atoms with Crippen LogP contribution in [0.2, 0.25) is 0 Å². The number of rotatable bonds is 14. The summed E-state index contributed by atoms with van der Waals surface area (Å²) < 4.78 is 29.9. The molecule has 0 aliphatic carbocycles. The van der Waals surface area contributed by atoms with Gasteiger partial charge in [-0.3, -0.25) is 19.3 Å². The number of carboxylic acid groups (broad SMARTS) is 2. The van der Waals surface area contributed by atoms with Gasteiger partial charge < -0.3 is 31.5 Å². The quantitative estimate of drug-likeness (QED) is 0.0562. The van der Waals surface area contributed by atoms with Crippen molar-refractivity contribution in [2.75, 3.05) is 21.3 Å². The second kappa shape index (κ2) is 22.4. The number of aryl methyl sites for hydroxylation is 2. The molecular formula is C46H44F2N14O4. The first-order valence-electron chi connectivity index (χ1n) is 20.0. The minimum Gasteiger partial charge on any atom is -0.478 e. The number of carbonyl (C=O) groups is 2. The zero-order chi connectivity index (χ0) is 47.0. The van der Waals surface area contributed by atoms with Crippen molar-refractivity contribution in [3.8, 4) is 22.3 Å². The van der Waals surface area contributed by atoms with Crippen LogP contribution >= 0.6 is 0 Å². The molecule has 66 heavy (non-hydrogen) atoms. The Bertz CT molecular complexity index is 2670. The number of pyridine rings is 2. The fourth-order valence-corrected chi connectivity index (χ4v) is 6.06. The van der Waals surface area contributed by atoms with Crippen molar-refractivity contribution in [2.45, 2.75) is 25.9 Å². The fraction of sp³-hybridized carbons (Fsp3) is 0.130. The van der Waals surface area contributed by atoms with Gasteiger partial charge in [0, 0.05) is 86.6 Å². The first-order valence-corrected chi connectivity index (χ1v) is 20.0. The summed E-state index contributed by atoms with van der Waals surface area (Å²) in [6, 6.07) is 20.5. The van der Waals surface area contributed by atoms with E-state index in [4.69, 9.17) is 10.2 Å². The largest absolute Gasteiger partial charge is 0.478 e. The summed E-state index contributed by atoms with van der Waals surface area (Å²) in [5.41, 5.74) is 5.76. The maximum absolute atomic E-state index is 13.2. The summed E-state index contributed by atoms with van der Waals surface area (Å²) in [4.78, 5) is 45.0. The van der Waals surface area contributed by atoms with Crippen molar-refractivity contribution < 1.29 is 28.6 Å². The fourth-order valence-electron chi connectivity index (χ4n) is 6.06. The van der Waals surface area contributed by atoms with Crippen molar-refractivity contribution in [1.29, 1.82) is 0 Å². The molecule has 0 aliphatic heterocycles. The lowest BCUT2D eigenvalue weighted by molar-refractivity contribution is -0.134. The molecule has 8 rings (SSSR count). The normalized spacial score (nSPS) is 11.5. The molecular weight excluding hydrogens is 851 g/mol. The SMILES string of the molecule is C[C@H](Nc1cc(-c2cnn(C)c2)cc(Nc2cnccn2)n1)c1ccc(F)cc1.C[C@H](Nc1cc(-c2cnn(C)c2)cc(Nc2cnccn2)n1)c1ccc(F)cc1.O=C(O)/C=C\C(=O)O. The van der Waals surface area contributed by atoms with Crippen molar-refractivity contribution >= 4 is 46.8 Å². The third-order valence-electron chi connectivity index (χ3n) is 9.20. The number of anilines is 6. The summed E-state index contributed by atoms with van der Waals surface area (Å²) in [5, 5.41) is 37.3. The van der Waals surface area contributed by atoms with Crippen LogP contribution in [0.15, 0.2) is 147 Å². The Morgan fingerprint density at radius 3 is 1.24 bits per heavy atom. The van der Waals surface area contributed by atoms with Crippen LogP contribution in [-0.4, -0.2) is 71.6 Å². The summed E-state index contributed by atoms with van der Waals surface area (Å²) in [7, 11) is 3.75. The van der Waals surface area contributed by atoms with Crippen LogP contribution < -0.4 is 21.3 Å². The molecule has 0 bridgehead atoms. The maximum atomic E-state index is 13.2. The molecule has 2 aromatic carbocycles. The number of hydrogen-bond donors (Lipinski definition) is 6. The molecule has 0 aliphatic rings. The molecule has 0 amide bonds. The monoisotopic (exact) mass is 894 g/mol. The Hall–Kier alpha value is -8.94. The third kappa shape index (κ3) is 14.3. The second-order valence-electron chi connectivity index (χ2n) is 14.3. The number of hydrogen-bond acceptors (Lipinski definition) is 14. The highest BCUT2D eigenvalue weighted by molar-refractivity contribution is 5.89. The molecule has 2 atom stereocenters. The van der Waals surface area contributed by atoms with Gasteiger partial charge in [-0.1, -0.05) is 24.3 Å².